The molecule has 0 aliphatic carbocycles. The number of hydrogen-bond donors (Lipinski definition) is 1. The summed E-state index contributed by atoms with van der Waals surface area (Å²) in [5, 5.41) is 12.9. The quantitative estimate of drug-likeness (QED) is 0.689. The largest absolute Gasteiger partial charge is 0.396 e. The van der Waals surface area contributed by atoms with E-state index in [4.69, 9.17) is 5.11 Å². The molecular weight excluding hydrogens is 140 g/mol. The highest BCUT2D eigenvalue weighted by Crippen LogP contribution is 2.03. The Morgan fingerprint density at radius 2 is 2.36 bits per heavy atom. The SMILES string of the molecule is CCc1cc(CCO)nn1C. The maximum absolute atomic E-state index is 8.64. The predicted molar refractivity (Wildman–Crippen MR) is 43.4 cm³/mol. The summed E-state index contributed by atoms with van der Waals surface area (Å²) in [6.45, 7) is 2.28. The fraction of sp³-hybridized carbons (Fsp3) is 0.625. The number of aliphatic hydroxyl groups is 1. The minimum atomic E-state index is 0.181. The molecular formula is C8H14N2O. The van der Waals surface area contributed by atoms with Crippen molar-refractivity contribution in [1.82, 2.24) is 9.78 Å². The molecule has 1 rings (SSSR count). The maximum atomic E-state index is 8.64. The van der Waals surface area contributed by atoms with E-state index in [0.717, 1.165) is 12.1 Å². The van der Waals surface area contributed by atoms with Crippen LogP contribution < -0.4 is 0 Å². The lowest BCUT2D eigenvalue weighted by molar-refractivity contribution is 0.298. The Bertz CT molecular complexity index is 230. The van der Waals surface area contributed by atoms with Gasteiger partial charge in [-0.25, -0.2) is 0 Å². The van der Waals surface area contributed by atoms with E-state index in [1.807, 2.05) is 17.8 Å². The van der Waals surface area contributed by atoms with Crippen molar-refractivity contribution in [3.63, 3.8) is 0 Å². The molecule has 0 aliphatic rings. The number of hydrogen-bond acceptors (Lipinski definition) is 2. The average Bonchev–Trinajstić information content (AvgIpc) is 2.32. The van der Waals surface area contributed by atoms with Crippen molar-refractivity contribution >= 4 is 0 Å². The molecule has 0 aromatic carbocycles. The van der Waals surface area contributed by atoms with Crippen LogP contribution in [0.1, 0.15) is 18.3 Å². The highest BCUT2D eigenvalue weighted by molar-refractivity contribution is 5.10. The summed E-state index contributed by atoms with van der Waals surface area (Å²) < 4.78 is 1.87. The first-order chi connectivity index (χ1) is 5.27. The van der Waals surface area contributed by atoms with Crippen LogP contribution in [-0.4, -0.2) is 21.5 Å². The van der Waals surface area contributed by atoms with Crippen molar-refractivity contribution in [2.45, 2.75) is 19.8 Å². The van der Waals surface area contributed by atoms with Crippen LogP contribution in [0.15, 0.2) is 6.07 Å². The van der Waals surface area contributed by atoms with Gasteiger partial charge in [-0.05, 0) is 12.5 Å². The minimum absolute atomic E-state index is 0.181. The molecule has 1 aromatic heterocycles. The van der Waals surface area contributed by atoms with Crippen LogP contribution in [0.2, 0.25) is 0 Å². The summed E-state index contributed by atoms with van der Waals surface area (Å²) in [5.41, 5.74) is 2.19. The Morgan fingerprint density at radius 3 is 2.82 bits per heavy atom. The van der Waals surface area contributed by atoms with E-state index in [1.165, 1.54) is 5.69 Å². The molecule has 0 radical (unpaired) electrons. The van der Waals surface area contributed by atoms with Gasteiger partial charge in [0.05, 0.1) is 5.69 Å². The van der Waals surface area contributed by atoms with E-state index >= 15 is 0 Å². The molecule has 1 N–H and O–H groups in total. The number of aromatic nitrogens is 2. The molecule has 0 atom stereocenters. The number of aliphatic hydroxyl groups excluding tert-OH is 1. The first kappa shape index (κ1) is 8.27. The van der Waals surface area contributed by atoms with Gasteiger partial charge in [0.1, 0.15) is 0 Å². The second kappa shape index (κ2) is 3.53. The second-order valence-electron chi connectivity index (χ2n) is 2.58. The van der Waals surface area contributed by atoms with Gasteiger partial charge in [0, 0.05) is 25.8 Å². The molecule has 0 fully saturated rings. The molecule has 1 heterocycles. The molecule has 1 aromatic rings. The van der Waals surface area contributed by atoms with Gasteiger partial charge in [-0.3, -0.25) is 4.68 Å². The van der Waals surface area contributed by atoms with Gasteiger partial charge in [0.15, 0.2) is 0 Å². The number of nitrogens with zero attached hydrogens (tertiary/aromatic N) is 2. The summed E-state index contributed by atoms with van der Waals surface area (Å²) in [4.78, 5) is 0. The molecule has 3 heteroatoms. The maximum Gasteiger partial charge on any atom is 0.0650 e. The van der Waals surface area contributed by atoms with Crippen LogP contribution in [0.25, 0.3) is 0 Å². The topological polar surface area (TPSA) is 38.1 Å². The van der Waals surface area contributed by atoms with Gasteiger partial charge in [0.2, 0.25) is 0 Å². The monoisotopic (exact) mass is 154 g/mol. The predicted octanol–water partition coefficient (Wildman–Crippen LogP) is 0.517. The molecule has 11 heavy (non-hydrogen) atoms. The van der Waals surface area contributed by atoms with Crippen LogP contribution in [0, 0.1) is 0 Å². The van der Waals surface area contributed by atoms with Crippen molar-refractivity contribution in [3.05, 3.63) is 17.5 Å². The average molecular weight is 154 g/mol. The molecule has 0 bridgehead atoms. The van der Waals surface area contributed by atoms with Crippen molar-refractivity contribution in [3.8, 4) is 0 Å². The van der Waals surface area contributed by atoms with Crippen molar-refractivity contribution in [2.24, 2.45) is 7.05 Å². The van der Waals surface area contributed by atoms with Crippen LogP contribution in [0.3, 0.4) is 0 Å². The van der Waals surface area contributed by atoms with Gasteiger partial charge in [-0.2, -0.15) is 5.10 Å². The highest BCUT2D eigenvalue weighted by Gasteiger charge is 2.01. The Balaban J connectivity index is 2.77. The van der Waals surface area contributed by atoms with E-state index in [-0.39, 0.29) is 6.61 Å². The molecule has 0 unspecified atom stereocenters. The van der Waals surface area contributed by atoms with Gasteiger partial charge >= 0.3 is 0 Å². The minimum Gasteiger partial charge on any atom is -0.396 e. The Kier molecular flexibility index (Phi) is 2.65. The molecule has 3 nitrogen and oxygen atoms in total. The van der Waals surface area contributed by atoms with Crippen molar-refractivity contribution in [2.75, 3.05) is 6.61 Å². The smallest absolute Gasteiger partial charge is 0.0650 e. The third kappa shape index (κ3) is 1.80. The first-order valence-electron chi connectivity index (χ1n) is 3.90. The van der Waals surface area contributed by atoms with E-state index in [0.29, 0.717) is 6.42 Å². The molecule has 0 aliphatic heterocycles. The Labute approximate surface area is 66.7 Å². The summed E-state index contributed by atoms with van der Waals surface area (Å²) in [7, 11) is 1.93. The van der Waals surface area contributed by atoms with Gasteiger partial charge in [-0.1, -0.05) is 6.92 Å². The third-order valence-electron chi connectivity index (χ3n) is 1.76. The summed E-state index contributed by atoms with van der Waals surface area (Å²) >= 11 is 0. The fourth-order valence-electron chi connectivity index (χ4n) is 1.14. The number of aryl methyl sites for hydroxylation is 2. The van der Waals surface area contributed by atoms with Gasteiger partial charge in [-0.15, -0.1) is 0 Å². The van der Waals surface area contributed by atoms with Crippen LogP contribution in [0.5, 0.6) is 0 Å². The Morgan fingerprint density at radius 1 is 1.64 bits per heavy atom. The standard InChI is InChI=1S/C8H14N2O/c1-3-8-6-7(4-5-11)9-10(8)2/h6,11H,3-5H2,1-2H3. The van der Waals surface area contributed by atoms with E-state index < -0.39 is 0 Å². The van der Waals surface area contributed by atoms with Gasteiger partial charge < -0.3 is 5.11 Å². The van der Waals surface area contributed by atoms with Crippen LogP contribution >= 0.6 is 0 Å². The number of rotatable bonds is 3. The molecule has 0 saturated carbocycles. The normalized spacial score (nSPS) is 10.5. The van der Waals surface area contributed by atoms with Crippen LogP contribution in [-0.2, 0) is 19.9 Å². The van der Waals surface area contributed by atoms with Crippen molar-refractivity contribution < 1.29 is 5.11 Å². The molecule has 62 valence electrons. The molecule has 0 amide bonds. The van der Waals surface area contributed by atoms with E-state index in [2.05, 4.69) is 12.0 Å². The lowest BCUT2D eigenvalue weighted by Gasteiger charge is -1.93. The molecule has 0 spiro atoms. The summed E-state index contributed by atoms with van der Waals surface area (Å²) in [5.74, 6) is 0. The van der Waals surface area contributed by atoms with Crippen molar-refractivity contribution in [1.29, 1.82) is 0 Å². The van der Waals surface area contributed by atoms with Crippen LogP contribution in [0.4, 0.5) is 0 Å². The third-order valence-corrected chi connectivity index (χ3v) is 1.76. The highest BCUT2D eigenvalue weighted by atomic mass is 16.3. The zero-order valence-corrected chi connectivity index (χ0v) is 7.04. The lowest BCUT2D eigenvalue weighted by atomic mass is 10.2. The zero-order chi connectivity index (χ0) is 8.27. The summed E-state index contributed by atoms with van der Waals surface area (Å²) in [6, 6.07) is 2.04. The molecule has 0 saturated heterocycles. The summed E-state index contributed by atoms with van der Waals surface area (Å²) in [6.07, 6.45) is 1.66. The van der Waals surface area contributed by atoms with E-state index in [1.54, 1.807) is 0 Å². The van der Waals surface area contributed by atoms with Gasteiger partial charge in [0.25, 0.3) is 0 Å². The Hall–Kier alpha value is -0.830. The fourth-order valence-corrected chi connectivity index (χ4v) is 1.14. The second-order valence-corrected chi connectivity index (χ2v) is 2.58. The van der Waals surface area contributed by atoms with E-state index in [9.17, 15) is 0 Å². The first-order valence-corrected chi connectivity index (χ1v) is 3.90. The lowest BCUT2D eigenvalue weighted by Crippen LogP contribution is -1.97. The zero-order valence-electron chi connectivity index (χ0n) is 7.04.